The lowest BCUT2D eigenvalue weighted by Gasteiger charge is -2.19. The molecule has 1 fully saturated rings. The molecule has 0 unspecified atom stereocenters. The Balaban J connectivity index is 2.28. The number of halogens is 1. The number of hydrogen-bond donors (Lipinski definition) is 0. The van der Waals surface area contributed by atoms with Crippen LogP contribution < -0.4 is 0 Å². The van der Waals surface area contributed by atoms with Gasteiger partial charge in [-0.3, -0.25) is 4.79 Å². The van der Waals surface area contributed by atoms with E-state index in [1.54, 1.807) is 0 Å². The van der Waals surface area contributed by atoms with E-state index in [4.69, 9.17) is 11.8 Å². The fraction of sp³-hybridized carbons (Fsp3) is 0.667. The normalized spacial score (nSPS) is 23.8. The smallest absolute Gasteiger partial charge is 0.163 e. The van der Waals surface area contributed by atoms with Crippen molar-refractivity contribution in [1.82, 2.24) is 4.42 Å². The highest BCUT2D eigenvalue weighted by molar-refractivity contribution is 6.18. The number of hydrogen-bond acceptors (Lipinski definition) is 2. The van der Waals surface area contributed by atoms with Gasteiger partial charge in [-0.1, -0.05) is 0 Å². The molecular formula is C3H4ClNO. The van der Waals surface area contributed by atoms with Crippen molar-refractivity contribution in [2.75, 3.05) is 13.1 Å². The van der Waals surface area contributed by atoms with Gasteiger partial charge in [0.15, 0.2) is 5.78 Å². The molecule has 1 rings (SSSR count). The zero-order chi connectivity index (χ0) is 4.57. The van der Waals surface area contributed by atoms with Crippen molar-refractivity contribution in [2.45, 2.75) is 0 Å². The summed E-state index contributed by atoms with van der Waals surface area (Å²) in [5.74, 6) is 0.227. The number of rotatable bonds is 0. The summed E-state index contributed by atoms with van der Waals surface area (Å²) in [6.45, 7) is 0.864. The van der Waals surface area contributed by atoms with Gasteiger partial charge in [0.1, 0.15) is 0 Å². The molecule has 1 heterocycles. The summed E-state index contributed by atoms with van der Waals surface area (Å²) in [6, 6.07) is 0. The molecule has 1 aliphatic rings. The van der Waals surface area contributed by atoms with E-state index < -0.39 is 0 Å². The highest BCUT2D eigenvalue weighted by Gasteiger charge is 2.20. The fourth-order valence-electron chi connectivity index (χ4n) is 0.336. The van der Waals surface area contributed by atoms with Gasteiger partial charge in [-0.2, -0.15) is 0 Å². The lowest BCUT2D eigenvalue weighted by atomic mass is 10.3. The third-order valence-electron chi connectivity index (χ3n) is 0.696. The molecule has 1 saturated heterocycles. The Bertz CT molecular complexity index is 74.9. The maximum absolute atomic E-state index is 9.98. The highest BCUT2D eigenvalue weighted by atomic mass is 35.5. The first kappa shape index (κ1) is 4.09. The molecule has 2 nitrogen and oxygen atoms in total. The second-order valence-electron chi connectivity index (χ2n) is 1.32. The molecule has 0 amide bonds. The predicted octanol–water partition coefficient (Wildman–Crippen LogP) is 0.0249. The molecule has 0 aromatic heterocycles. The van der Waals surface area contributed by atoms with Crippen LogP contribution in [0.3, 0.4) is 0 Å². The molecule has 0 aromatic rings. The third-order valence-corrected chi connectivity index (χ3v) is 0.935. The molecule has 1 aliphatic heterocycles. The quantitative estimate of drug-likeness (QED) is 0.405. The van der Waals surface area contributed by atoms with E-state index in [1.165, 1.54) is 4.42 Å². The van der Waals surface area contributed by atoms with E-state index >= 15 is 0 Å². The first-order valence-corrected chi connectivity index (χ1v) is 2.05. The fourth-order valence-corrected chi connectivity index (χ4v) is 0.603. The summed E-state index contributed by atoms with van der Waals surface area (Å²) in [4.78, 5) is 9.98. The van der Waals surface area contributed by atoms with Crippen LogP contribution in [0, 0.1) is 0 Å². The summed E-state index contributed by atoms with van der Waals surface area (Å²) in [5, 5.41) is 0. The van der Waals surface area contributed by atoms with Gasteiger partial charge in [0.05, 0.1) is 13.1 Å². The van der Waals surface area contributed by atoms with Crippen LogP contribution in [0.5, 0.6) is 0 Å². The Morgan fingerprint density at radius 3 is 2.17 bits per heavy atom. The van der Waals surface area contributed by atoms with Crippen LogP contribution >= 0.6 is 11.8 Å². The van der Waals surface area contributed by atoms with Gasteiger partial charge in [-0.25, -0.2) is 4.42 Å². The standard InChI is InChI=1S/C3H4ClNO/c4-5-1-3(6)2-5/h1-2H2. The molecule has 34 valence electrons. The van der Waals surface area contributed by atoms with Crippen LogP contribution in [0.1, 0.15) is 0 Å². The second kappa shape index (κ2) is 1.21. The number of carbonyl (C=O) groups is 1. The van der Waals surface area contributed by atoms with Crippen molar-refractivity contribution in [3.8, 4) is 0 Å². The number of Topliss-reactive ketones (excluding diaryl/α,β-unsaturated/α-hetero) is 1. The molecule has 0 bridgehead atoms. The molecule has 0 spiro atoms. The number of ketones is 1. The first-order chi connectivity index (χ1) is 2.79. The van der Waals surface area contributed by atoms with E-state index in [2.05, 4.69) is 0 Å². The molecule has 0 N–H and O–H groups in total. The maximum atomic E-state index is 9.98. The van der Waals surface area contributed by atoms with Gasteiger partial charge in [-0.15, -0.1) is 0 Å². The molecule has 0 saturated carbocycles. The van der Waals surface area contributed by atoms with Gasteiger partial charge in [0.25, 0.3) is 0 Å². The molecule has 0 atom stereocenters. The first-order valence-electron chi connectivity index (χ1n) is 1.71. The zero-order valence-corrected chi connectivity index (χ0v) is 3.90. The Labute approximate surface area is 40.8 Å². The Morgan fingerprint density at radius 2 is 2.17 bits per heavy atom. The lowest BCUT2D eigenvalue weighted by Crippen LogP contribution is -2.40. The van der Waals surface area contributed by atoms with Crippen LogP contribution in [-0.4, -0.2) is 23.3 Å². The number of carbonyl (C=O) groups excluding carboxylic acids is 1. The van der Waals surface area contributed by atoms with Crippen LogP contribution in [-0.2, 0) is 4.79 Å². The minimum Gasteiger partial charge on any atom is -0.297 e. The van der Waals surface area contributed by atoms with Crippen LogP contribution in [0.4, 0.5) is 0 Å². The van der Waals surface area contributed by atoms with Crippen LogP contribution in [0.15, 0.2) is 0 Å². The van der Waals surface area contributed by atoms with Crippen LogP contribution in [0.2, 0.25) is 0 Å². The molecular weight excluding hydrogens is 101 g/mol. The Kier molecular flexibility index (Phi) is 0.821. The van der Waals surface area contributed by atoms with Crippen molar-refractivity contribution in [3.05, 3.63) is 0 Å². The minimum absolute atomic E-state index is 0.227. The van der Waals surface area contributed by atoms with Crippen molar-refractivity contribution in [1.29, 1.82) is 0 Å². The maximum Gasteiger partial charge on any atom is 0.163 e. The van der Waals surface area contributed by atoms with Crippen molar-refractivity contribution in [3.63, 3.8) is 0 Å². The van der Waals surface area contributed by atoms with Gasteiger partial charge in [0, 0.05) is 0 Å². The van der Waals surface area contributed by atoms with E-state index in [0.29, 0.717) is 13.1 Å². The number of nitrogens with zero attached hydrogens (tertiary/aromatic N) is 1. The average molecular weight is 106 g/mol. The van der Waals surface area contributed by atoms with Gasteiger partial charge in [0.2, 0.25) is 0 Å². The Morgan fingerprint density at radius 1 is 1.67 bits per heavy atom. The average Bonchev–Trinajstić information content (AvgIpc) is 1.33. The molecule has 0 aromatic carbocycles. The van der Waals surface area contributed by atoms with Gasteiger partial charge >= 0.3 is 0 Å². The zero-order valence-electron chi connectivity index (χ0n) is 3.15. The highest BCUT2D eigenvalue weighted by Crippen LogP contribution is 2.02. The minimum atomic E-state index is 0.227. The van der Waals surface area contributed by atoms with E-state index in [-0.39, 0.29) is 5.78 Å². The SMILES string of the molecule is O=C1CN(Cl)C1. The van der Waals surface area contributed by atoms with Crippen molar-refractivity contribution < 1.29 is 4.79 Å². The largest absolute Gasteiger partial charge is 0.297 e. The van der Waals surface area contributed by atoms with Crippen LogP contribution in [0.25, 0.3) is 0 Å². The van der Waals surface area contributed by atoms with Gasteiger partial charge in [-0.05, 0) is 11.8 Å². The molecule has 3 heteroatoms. The lowest BCUT2D eigenvalue weighted by molar-refractivity contribution is -0.125. The summed E-state index contributed by atoms with van der Waals surface area (Å²) in [7, 11) is 0. The summed E-state index contributed by atoms with van der Waals surface area (Å²) >= 11 is 5.26. The summed E-state index contributed by atoms with van der Waals surface area (Å²) in [6.07, 6.45) is 0. The topological polar surface area (TPSA) is 20.3 Å². The second-order valence-corrected chi connectivity index (χ2v) is 1.80. The van der Waals surface area contributed by atoms with Crippen molar-refractivity contribution >= 4 is 17.6 Å². The Hall–Kier alpha value is -0.0800. The third kappa shape index (κ3) is 0.533. The molecule has 6 heavy (non-hydrogen) atoms. The van der Waals surface area contributed by atoms with E-state index in [1.807, 2.05) is 0 Å². The van der Waals surface area contributed by atoms with Crippen molar-refractivity contribution in [2.24, 2.45) is 0 Å². The monoisotopic (exact) mass is 105 g/mol. The molecule has 0 aliphatic carbocycles. The van der Waals surface area contributed by atoms with Gasteiger partial charge < -0.3 is 0 Å². The molecule has 0 radical (unpaired) electrons. The summed E-state index contributed by atoms with van der Waals surface area (Å²) < 4.78 is 1.45. The summed E-state index contributed by atoms with van der Waals surface area (Å²) in [5.41, 5.74) is 0. The van der Waals surface area contributed by atoms with E-state index in [9.17, 15) is 4.79 Å². The predicted molar refractivity (Wildman–Crippen MR) is 22.4 cm³/mol. The van der Waals surface area contributed by atoms with E-state index in [0.717, 1.165) is 0 Å².